The van der Waals surface area contributed by atoms with Crippen LogP contribution in [0.4, 0.5) is 0 Å². The molecule has 0 unspecified atom stereocenters. The second-order valence-corrected chi connectivity index (χ2v) is 11.6. The molecule has 13 heteroatoms. The second kappa shape index (κ2) is 15.1. The van der Waals surface area contributed by atoms with E-state index < -0.39 is 54.0 Å². The van der Waals surface area contributed by atoms with Gasteiger partial charge in [-0.25, -0.2) is 0 Å². The third-order valence-corrected chi connectivity index (χ3v) is 8.07. The van der Waals surface area contributed by atoms with Gasteiger partial charge in [-0.1, -0.05) is 41.5 Å². The number of amides is 4. The Balaban J connectivity index is 2.42. The van der Waals surface area contributed by atoms with E-state index in [1.54, 1.807) is 12.2 Å². The summed E-state index contributed by atoms with van der Waals surface area (Å²) in [5, 5.41) is 21.2. The van der Waals surface area contributed by atoms with Gasteiger partial charge in [0.1, 0.15) is 18.2 Å². The first-order valence-electron chi connectivity index (χ1n) is 12.0. The molecule has 1 fully saturated rings. The van der Waals surface area contributed by atoms with E-state index in [1.165, 1.54) is 28.6 Å². The predicted molar refractivity (Wildman–Crippen MR) is 138 cm³/mol. The van der Waals surface area contributed by atoms with Gasteiger partial charge in [0.05, 0.1) is 18.9 Å². The van der Waals surface area contributed by atoms with E-state index in [-0.39, 0.29) is 49.7 Å². The minimum Gasteiger partial charge on any atom is -0.457 e. The van der Waals surface area contributed by atoms with Gasteiger partial charge in [0.25, 0.3) is 0 Å². The lowest BCUT2D eigenvalue weighted by molar-refractivity contribution is -0.150. The summed E-state index contributed by atoms with van der Waals surface area (Å²) >= 11 is 0. The number of fused-ring (bicyclic) bond motifs is 16. The minimum atomic E-state index is -1.07. The van der Waals surface area contributed by atoms with Gasteiger partial charge >= 0.3 is 5.97 Å². The molecule has 0 aliphatic carbocycles. The third kappa shape index (κ3) is 10.4. The van der Waals surface area contributed by atoms with E-state index in [4.69, 9.17) is 4.74 Å². The average molecular weight is 545 g/mol. The van der Waals surface area contributed by atoms with Crippen LogP contribution >= 0.6 is 21.6 Å². The Morgan fingerprint density at radius 1 is 1.14 bits per heavy atom. The summed E-state index contributed by atoms with van der Waals surface area (Å²) in [7, 11) is 4.32. The first-order valence-corrected chi connectivity index (χ1v) is 14.5. The predicted octanol–water partition coefficient (Wildman–Crippen LogP) is 0.0308. The molecule has 0 spiro atoms. The van der Waals surface area contributed by atoms with Gasteiger partial charge < -0.3 is 31.1 Å². The molecule has 36 heavy (non-hydrogen) atoms. The van der Waals surface area contributed by atoms with Crippen molar-refractivity contribution >= 4 is 51.2 Å². The van der Waals surface area contributed by atoms with E-state index in [9.17, 15) is 29.1 Å². The van der Waals surface area contributed by atoms with Crippen molar-refractivity contribution < 1.29 is 33.8 Å². The first kappa shape index (κ1) is 30.0. The quantitative estimate of drug-likeness (QED) is 0.187. The largest absolute Gasteiger partial charge is 0.457 e. The number of hydrogen-bond acceptors (Lipinski definition) is 9. The van der Waals surface area contributed by atoms with Gasteiger partial charge in [0, 0.05) is 31.0 Å². The molecule has 0 saturated carbocycles. The fourth-order valence-corrected chi connectivity index (χ4v) is 5.66. The van der Waals surface area contributed by atoms with Crippen molar-refractivity contribution in [2.24, 2.45) is 5.92 Å². The normalized spacial score (nSPS) is 30.0. The van der Waals surface area contributed by atoms with Crippen LogP contribution < -0.4 is 21.3 Å². The maximum Gasteiger partial charge on any atom is 0.309 e. The summed E-state index contributed by atoms with van der Waals surface area (Å²) in [6.45, 7) is 3.77. The van der Waals surface area contributed by atoms with Crippen molar-refractivity contribution in [3.63, 3.8) is 0 Å². The fraction of sp³-hybridized carbons (Fsp3) is 0.696. The van der Waals surface area contributed by atoms with Crippen molar-refractivity contribution in [1.82, 2.24) is 21.3 Å². The Morgan fingerprint density at radius 3 is 2.58 bits per heavy atom. The molecule has 3 aliphatic heterocycles. The van der Waals surface area contributed by atoms with E-state index >= 15 is 0 Å². The molecule has 0 aromatic carbocycles. The zero-order valence-corrected chi connectivity index (χ0v) is 22.4. The van der Waals surface area contributed by atoms with E-state index in [0.717, 1.165) is 0 Å². The van der Waals surface area contributed by atoms with Gasteiger partial charge in [-0.3, -0.25) is 24.0 Å². The molecule has 3 rings (SSSR count). The van der Waals surface area contributed by atoms with Gasteiger partial charge in [0.15, 0.2) is 0 Å². The molecule has 3 heterocycles. The van der Waals surface area contributed by atoms with Crippen molar-refractivity contribution in [3.05, 3.63) is 12.2 Å². The molecular formula is C23H36N4O7S2. The first-order chi connectivity index (χ1) is 17.1. The zero-order valence-electron chi connectivity index (χ0n) is 20.8. The summed E-state index contributed by atoms with van der Waals surface area (Å²) in [6.07, 6.45) is 1.04. The number of hydrogen-bond donors (Lipinski definition) is 5. The smallest absolute Gasteiger partial charge is 0.309 e. The minimum absolute atomic E-state index is 0.0119. The Bertz CT molecular complexity index is 839. The van der Waals surface area contributed by atoms with Crippen molar-refractivity contribution in [2.45, 2.75) is 76.3 Å². The Hall–Kier alpha value is -2.25. The van der Waals surface area contributed by atoms with Gasteiger partial charge in [-0.15, -0.1) is 0 Å². The summed E-state index contributed by atoms with van der Waals surface area (Å²) in [5.41, 5.74) is 0. The second-order valence-electron chi connectivity index (χ2n) is 9.08. The summed E-state index contributed by atoms with van der Waals surface area (Å²) in [5.74, 6) is -1.82. The van der Waals surface area contributed by atoms with Gasteiger partial charge in [-0.05, 0) is 24.8 Å². The third-order valence-electron chi connectivity index (χ3n) is 5.79. The SMILES string of the molecule is CNC(=O)CC[C@@H]1NC(=O)C[C@H]2/C=C/CSSC[C@@H](NC1=O)C(=O)N[C@@H](C(C)C)C[C@@H](O)CC(=O)O2. The van der Waals surface area contributed by atoms with E-state index in [1.807, 2.05) is 13.8 Å². The van der Waals surface area contributed by atoms with E-state index in [2.05, 4.69) is 21.3 Å². The summed E-state index contributed by atoms with van der Waals surface area (Å²) in [4.78, 5) is 63.5. The van der Waals surface area contributed by atoms with Crippen molar-refractivity contribution in [2.75, 3.05) is 18.6 Å². The molecule has 202 valence electrons. The molecule has 11 nitrogen and oxygen atoms in total. The van der Waals surface area contributed by atoms with Gasteiger partial charge in [0.2, 0.25) is 23.6 Å². The zero-order chi connectivity index (χ0) is 26.7. The number of rotatable bonds is 4. The summed E-state index contributed by atoms with van der Waals surface area (Å²) < 4.78 is 5.46. The highest BCUT2D eigenvalue weighted by Gasteiger charge is 2.31. The molecule has 0 aromatic heterocycles. The lowest BCUT2D eigenvalue weighted by Gasteiger charge is -2.29. The van der Waals surface area contributed by atoms with Crippen LogP contribution in [-0.4, -0.2) is 83.6 Å². The maximum absolute atomic E-state index is 13.2. The molecule has 4 amide bonds. The number of aliphatic hydroxyl groups excluding tert-OH is 1. The van der Waals surface area contributed by atoms with Gasteiger partial charge in [-0.2, -0.15) is 0 Å². The number of ether oxygens (including phenoxy) is 1. The molecule has 2 bridgehead atoms. The van der Waals surface area contributed by atoms with Crippen LogP contribution in [0.2, 0.25) is 0 Å². The van der Waals surface area contributed by atoms with Crippen LogP contribution in [-0.2, 0) is 28.7 Å². The Morgan fingerprint density at radius 2 is 1.89 bits per heavy atom. The monoisotopic (exact) mass is 544 g/mol. The maximum atomic E-state index is 13.2. The van der Waals surface area contributed by atoms with Crippen molar-refractivity contribution in [1.29, 1.82) is 0 Å². The van der Waals surface area contributed by atoms with Crippen molar-refractivity contribution in [3.8, 4) is 0 Å². The van der Waals surface area contributed by atoms with Crippen LogP contribution in [0, 0.1) is 5.92 Å². The van der Waals surface area contributed by atoms with Crippen LogP contribution in [0.25, 0.3) is 0 Å². The molecule has 1 saturated heterocycles. The highest BCUT2D eigenvalue weighted by atomic mass is 33.1. The van der Waals surface area contributed by atoms with E-state index in [0.29, 0.717) is 5.75 Å². The van der Waals surface area contributed by atoms with Crippen LogP contribution in [0.15, 0.2) is 12.2 Å². The number of nitrogens with one attached hydrogen (secondary N) is 4. The molecular weight excluding hydrogens is 508 g/mol. The fourth-order valence-electron chi connectivity index (χ4n) is 3.69. The highest BCUT2D eigenvalue weighted by molar-refractivity contribution is 8.76. The molecule has 0 radical (unpaired) electrons. The Labute approximate surface area is 219 Å². The number of carbonyl (C=O) groups is 5. The molecule has 3 aliphatic rings. The summed E-state index contributed by atoms with van der Waals surface area (Å²) in [6, 6.07) is -2.43. The van der Waals surface area contributed by atoms with Crippen LogP contribution in [0.1, 0.15) is 46.0 Å². The lowest BCUT2D eigenvalue weighted by Crippen LogP contribution is -2.57. The number of aliphatic hydroxyl groups is 1. The standard InChI is InChI=1S/C23H36N4O7S2/c1-13(2)17-9-14(28)10-21(31)34-15-5-4-8-35-36-12-18(23(33)26-17)27-22(32)16(25-20(30)11-15)6-7-19(29)24-3/h4-5,13-18,28H,6-12H2,1-3H3,(H,24,29)(H,25,30)(H,26,33)(H,27,32)/b5-4+/t14-,15-,16+,17-,18-/m1/s1. The Kier molecular flexibility index (Phi) is 12.6. The molecule has 5 atom stereocenters. The highest BCUT2D eigenvalue weighted by Crippen LogP contribution is 2.23. The number of esters is 1. The molecule has 5 N–H and O–H groups in total. The lowest BCUT2D eigenvalue weighted by atomic mass is 9.96. The molecule has 0 aromatic rings. The average Bonchev–Trinajstić information content (AvgIpc) is 2.80. The number of carbonyl (C=O) groups excluding carboxylic acids is 5. The van der Waals surface area contributed by atoms with Crippen LogP contribution in [0.3, 0.4) is 0 Å². The topological polar surface area (TPSA) is 163 Å². The van der Waals surface area contributed by atoms with Crippen LogP contribution in [0.5, 0.6) is 0 Å².